The van der Waals surface area contributed by atoms with Crippen LogP contribution in [-0.2, 0) is 0 Å². The molecule has 0 unspecified atom stereocenters. The lowest BCUT2D eigenvalue weighted by atomic mass is 10.1. The number of nitrogens with one attached hydrogen (secondary N) is 2. The van der Waals surface area contributed by atoms with Crippen LogP contribution in [0.5, 0.6) is 0 Å². The highest BCUT2D eigenvalue weighted by Gasteiger charge is 2.21. The third-order valence-electron chi connectivity index (χ3n) is 5.79. The number of para-hydroxylation sites is 2. The normalized spacial score (nSPS) is 11.1. The molecule has 0 bridgehead atoms. The summed E-state index contributed by atoms with van der Waals surface area (Å²) in [6.45, 7) is 2.03. The number of fused-ring (bicyclic) bond motifs is 1. The fourth-order valence-corrected chi connectivity index (χ4v) is 4.88. The highest BCUT2D eigenvalue weighted by Crippen LogP contribution is 2.34. The number of pyridine rings is 1. The lowest BCUT2D eigenvalue weighted by Gasteiger charge is -2.02. The number of hydrogen-bond donors (Lipinski definition) is 2. The summed E-state index contributed by atoms with van der Waals surface area (Å²) in [7, 11) is 0. The van der Waals surface area contributed by atoms with Crippen molar-refractivity contribution < 1.29 is 4.79 Å². The number of aryl methyl sites for hydroxylation is 1. The van der Waals surface area contributed by atoms with Crippen molar-refractivity contribution in [2.24, 2.45) is 0 Å². The van der Waals surface area contributed by atoms with Crippen molar-refractivity contribution in [3.8, 4) is 28.2 Å². The molecule has 0 spiro atoms. The van der Waals surface area contributed by atoms with Crippen molar-refractivity contribution >= 4 is 33.3 Å². The van der Waals surface area contributed by atoms with Crippen LogP contribution in [0.1, 0.15) is 16.1 Å². The minimum atomic E-state index is -0.275. The number of H-pyrrole nitrogens is 1. The average molecular weight is 477 g/mol. The number of thiazole rings is 1. The highest BCUT2D eigenvalue weighted by molar-refractivity contribution is 7.14. The predicted octanol–water partition coefficient (Wildman–Crippen LogP) is 6.10. The number of aromatic amines is 1. The SMILES string of the molecule is Cc1[nH]c2ccccc2c1-c1csc(NC(=O)c2cn(-c3ccccc3)nc2-c2cccnc2)n1. The Labute approximate surface area is 205 Å². The Kier molecular flexibility index (Phi) is 5.20. The number of carbonyl (C=O) groups excluding carboxylic acids is 1. The summed E-state index contributed by atoms with van der Waals surface area (Å²) in [6.07, 6.45) is 5.14. The van der Waals surface area contributed by atoms with Gasteiger partial charge >= 0.3 is 0 Å². The topological polar surface area (TPSA) is 88.5 Å². The summed E-state index contributed by atoms with van der Waals surface area (Å²) in [5, 5.41) is 11.3. The van der Waals surface area contributed by atoms with Gasteiger partial charge in [-0.2, -0.15) is 5.10 Å². The molecule has 0 atom stereocenters. The molecule has 0 fully saturated rings. The van der Waals surface area contributed by atoms with Gasteiger partial charge in [-0.05, 0) is 37.3 Å². The number of hydrogen-bond acceptors (Lipinski definition) is 5. The van der Waals surface area contributed by atoms with Gasteiger partial charge < -0.3 is 4.98 Å². The molecule has 35 heavy (non-hydrogen) atoms. The fourth-order valence-electron chi connectivity index (χ4n) is 4.19. The molecule has 0 aliphatic heterocycles. The van der Waals surface area contributed by atoms with Gasteiger partial charge in [0.15, 0.2) is 5.13 Å². The molecule has 4 heterocycles. The molecule has 0 saturated heterocycles. The van der Waals surface area contributed by atoms with E-state index in [-0.39, 0.29) is 5.91 Å². The van der Waals surface area contributed by atoms with Gasteiger partial charge in [0, 0.05) is 51.7 Å². The van der Waals surface area contributed by atoms with Crippen LogP contribution in [-0.4, -0.2) is 30.6 Å². The lowest BCUT2D eigenvalue weighted by molar-refractivity contribution is 0.102. The van der Waals surface area contributed by atoms with Crippen LogP contribution in [0.3, 0.4) is 0 Å². The molecule has 170 valence electrons. The molecule has 4 aromatic heterocycles. The van der Waals surface area contributed by atoms with Gasteiger partial charge in [0.2, 0.25) is 0 Å². The van der Waals surface area contributed by atoms with E-state index < -0.39 is 0 Å². The van der Waals surface area contributed by atoms with Crippen molar-refractivity contribution in [1.82, 2.24) is 24.7 Å². The highest BCUT2D eigenvalue weighted by atomic mass is 32.1. The molecule has 2 N–H and O–H groups in total. The Morgan fingerprint density at radius 2 is 1.86 bits per heavy atom. The molecule has 0 radical (unpaired) electrons. The van der Waals surface area contributed by atoms with Crippen LogP contribution in [0.2, 0.25) is 0 Å². The molecular weight excluding hydrogens is 456 g/mol. The number of aromatic nitrogens is 5. The standard InChI is InChI=1S/C27H20N6OS/c1-17-24(20-11-5-6-12-22(20)29-17)23-16-35-27(30-23)31-26(34)21-15-33(19-9-3-2-4-10-19)32-25(21)18-8-7-13-28-14-18/h2-16,29H,1H3,(H,30,31,34). The Morgan fingerprint density at radius 3 is 2.69 bits per heavy atom. The minimum absolute atomic E-state index is 0.275. The summed E-state index contributed by atoms with van der Waals surface area (Å²) >= 11 is 1.40. The number of benzene rings is 2. The molecule has 6 rings (SSSR count). The lowest BCUT2D eigenvalue weighted by Crippen LogP contribution is -2.12. The summed E-state index contributed by atoms with van der Waals surface area (Å²) in [5.41, 5.74) is 6.61. The number of anilines is 1. The van der Waals surface area contributed by atoms with Crippen LogP contribution < -0.4 is 5.32 Å². The molecule has 7 nitrogen and oxygen atoms in total. The maximum Gasteiger partial charge on any atom is 0.261 e. The van der Waals surface area contributed by atoms with E-state index in [9.17, 15) is 4.79 Å². The fraction of sp³-hybridized carbons (Fsp3) is 0.0370. The molecule has 0 aliphatic carbocycles. The van der Waals surface area contributed by atoms with Crippen LogP contribution in [0.15, 0.2) is 90.7 Å². The van der Waals surface area contributed by atoms with E-state index in [0.29, 0.717) is 16.4 Å². The third-order valence-corrected chi connectivity index (χ3v) is 6.55. The van der Waals surface area contributed by atoms with E-state index in [1.54, 1.807) is 23.3 Å². The molecular formula is C27H20N6OS. The number of nitrogens with zero attached hydrogens (tertiary/aromatic N) is 4. The summed E-state index contributed by atoms with van der Waals surface area (Å²) in [5.74, 6) is -0.275. The Morgan fingerprint density at radius 1 is 1.03 bits per heavy atom. The number of amides is 1. The molecule has 0 saturated carbocycles. The maximum absolute atomic E-state index is 13.4. The Bertz CT molecular complexity index is 1650. The molecule has 1 amide bonds. The Balaban J connectivity index is 1.35. The van der Waals surface area contributed by atoms with E-state index >= 15 is 0 Å². The van der Waals surface area contributed by atoms with Crippen molar-refractivity contribution in [3.63, 3.8) is 0 Å². The second kappa shape index (κ2) is 8.66. The van der Waals surface area contributed by atoms with Crippen LogP contribution >= 0.6 is 11.3 Å². The largest absolute Gasteiger partial charge is 0.358 e. The molecule has 2 aromatic carbocycles. The van der Waals surface area contributed by atoms with Gasteiger partial charge in [0.25, 0.3) is 5.91 Å². The van der Waals surface area contributed by atoms with Gasteiger partial charge in [-0.3, -0.25) is 15.1 Å². The second-order valence-corrected chi connectivity index (χ2v) is 8.93. The van der Waals surface area contributed by atoms with Crippen LogP contribution in [0, 0.1) is 6.92 Å². The number of rotatable bonds is 5. The zero-order chi connectivity index (χ0) is 23.8. The van der Waals surface area contributed by atoms with Gasteiger partial charge in [-0.15, -0.1) is 11.3 Å². The first-order valence-electron chi connectivity index (χ1n) is 11.1. The monoisotopic (exact) mass is 476 g/mol. The summed E-state index contributed by atoms with van der Waals surface area (Å²) in [4.78, 5) is 25.7. The van der Waals surface area contributed by atoms with Crippen LogP contribution in [0.4, 0.5) is 5.13 Å². The van der Waals surface area contributed by atoms with Crippen LogP contribution in [0.25, 0.3) is 39.1 Å². The first kappa shape index (κ1) is 21.0. The van der Waals surface area contributed by atoms with Gasteiger partial charge in [0.05, 0.1) is 16.9 Å². The first-order valence-corrected chi connectivity index (χ1v) is 12.0. The van der Waals surface area contributed by atoms with Gasteiger partial charge in [-0.25, -0.2) is 9.67 Å². The third kappa shape index (κ3) is 3.89. The van der Waals surface area contributed by atoms with E-state index in [0.717, 1.165) is 39.1 Å². The Hall–Kier alpha value is -4.56. The van der Waals surface area contributed by atoms with Gasteiger partial charge in [0.1, 0.15) is 5.69 Å². The summed E-state index contributed by atoms with van der Waals surface area (Å²) < 4.78 is 1.71. The zero-order valence-corrected chi connectivity index (χ0v) is 19.6. The van der Waals surface area contributed by atoms with Crippen molar-refractivity contribution in [1.29, 1.82) is 0 Å². The van der Waals surface area contributed by atoms with Gasteiger partial charge in [-0.1, -0.05) is 36.4 Å². The maximum atomic E-state index is 13.4. The molecule has 8 heteroatoms. The minimum Gasteiger partial charge on any atom is -0.358 e. The summed E-state index contributed by atoms with van der Waals surface area (Å²) in [6, 6.07) is 21.6. The molecule has 0 aliphatic rings. The van der Waals surface area contributed by atoms with E-state index in [2.05, 4.69) is 21.4 Å². The second-order valence-electron chi connectivity index (χ2n) is 8.08. The first-order chi connectivity index (χ1) is 17.2. The molecule has 6 aromatic rings. The smallest absolute Gasteiger partial charge is 0.261 e. The predicted molar refractivity (Wildman–Crippen MR) is 139 cm³/mol. The van der Waals surface area contributed by atoms with Crippen molar-refractivity contribution in [3.05, 3.63) is 102 Å². The van der Waals surface area contributed by atoms with E-state index in [1.807, 2.05) is 73.0 Å². The zero-order valence-electron chi connectivity index (χ0n) is 18.8. The quantitative estimate of drug-likeness (QED) is 0.315. The van der Waals surface area contributed by atoms with Crippen molar-refractivity contribution in [2.45, 2.75) is 6.92 Å². The average Bonchev–Trinajstić information content (AvgIpc) is 3.61. The van der Waals surface area contributed by atoms with Crippen molar-refractivity contribution in [2.75, 3.05) is 5.32 Å². The number of carbonyl (C=O) groups is 1. The van der Waals surface area contributed by atoms with E-state index in [1.165, 1.54) is 11.3 Å². The van der Waals surface area contributed by atoms with E-state index in [4.69, 9.17) is 10.1 Å².